The van der Waals surface area contributed by atoms with Crippen molar-refractivity contribution >= 4 is 24.2 Å². The van der Waals surface area contributed by atoms with Crippen LogP contribution in [0.1, 0.15) is 93.4 Å². The van der Waals surface area contributed by atoms with Crippen LogP contribution in [0.15, 0.2) is 24.3 Å². The molecular weight excluding hydrogens is 746 g/mol. The van der Waals surface area contributed by atoms with Gasteiger partial charge in [0.15, 0.2) is 18.7 Å². The Balaban J connectivity index is 1.99. The number of aldehydes is 1. The fourth-order valence-corrected chi connectivity index (χ4v) is 7.96. The summed E-state index contributed by atoms with van der Waals surface area (Å²) < 4.78 is 48.4. The first-order valence-corrected chi connectivity index (χ1v) is 20.1. The van der Waals surface area contributed by atoms with Crippen LogP contribution in [-0.4, -0.2) is 151 Å². The summed E-state index contributed by atoms with van der Waals surface area (Å²) in [6.45, 7) is 11.6. The summed E-state index contributed by atoms with van der Waals surface area (Å²) in [6.07, 6.45) is -3.45. The summed E-state index contributed by atoms with van der Waals surface area (Å²) in [5.74, 6) is -2.88. The highest BCUT2D eigenvalue weighted by Gasteiger charge is 2.53. The minimum absolute atomic E-state index is 0.0416. The van der Waals surface area contributed by atoms with Crippen molar-refractivity contribution in [3.8, 4) is 0 Å². The molecular formula is C41H67NO15. The molecule has 0 saturated carbocycles. The zero-order valence-electron chi connectivity index (χ0n) is 35.2. The van der Waals surface area contributed by atoms with Gasteiger partial charge in [0.2, 0.25) is 0 Å². The molecule has 3 aliphatic heterocycles. The number of carbonyl (C=O) groups excluding carboxylic acids is 4. The Labute approximate surface area is 337 Å². The summed E-state index contributed by atoms with van der Waals surface area (Å²) in [6, 6.07) is -0.779. The molecule has 0 spiro atoms. The minimum atomic E-state index is -1.49. The smallest absolute Gasteiger partial charge is 0.309 e. The third kappa shape index (κ3) is 13.9. The Morgan fingerprint density at radius 1 is 1.02 bits per heavy atom. The van der Waals surface area contributed by atoms with Crippen LogP contribution < -0.4 is 0 Å². The molecule has 0 aliphatic carbocycles. The zero-order valence-corrected chi connectivity index (χ0v) is 35.2. The second-order valence-electron chi connectivity index (χ2n) is 16.1. The average molecular weight is 814 g/mol. The molecule has 3 aliphatic rings. The lowest BCUT2D eigenvalue weighted by Gasteiger charge is -2.50. The first-order valence-electron chi connectivity index (χ1n) is 20.1. The normalized spacial score (nSPS) is 41.1. The van der Waals surface area contributed by atoms with Crippen LogP contribution in [0.5, 0.6) is 0 Å². The summed E-state index contributed by atoms with van der Waals surface area (Å²) in [4.78, 5) is 52.0. The summed E-state index contributed by atoms with van der Waals surface area (Å²) in [7, 11) is 4.85. The van der Waals surface area contributed by atoms with E-state index < -0.39 is 121 Å². The molecule has 0 unspecified atom stereocenters. The van der Waals surface area contributed by atoms with Gasteiger partial charge >= 0.3 is 17.9 Å². The van der Waals surface area contributed by atoms with Crippen LogP contribution in [0.2, 0.25) is 0 Å². The number of allylic oxidation sites excluding steroid dienone is 2. The first-order chi connectivity index (χ1) is 26.8. The van der Waals surface area contributed by atoms with E-state index >= 15 is 0 Å². The summed E-state index contributed by atoms with van der Waals surface area (Å²) in [5, 5.41) is 34.5. The zero-order chi connectivity index (χ0) is 42.6. The van der Waals surface area contributed by atoms with E-state index in [-0.39, 0.29) is 25.7 Å². The number of hydrogen-bond acceptors (Lipinski definition) is 16. The molecule has 16 heteroatoms. The van der Waals surface area contributed by atoms with Crippen molar-refractivity contribution in [1.29, 1.82) is 0 Å². The molecule has 0 bridgehead atoms. The van der Waals surface area contributed by atoms with Crippen molar-refractivity contribution in [3.63, 3.8) is 0 Å². The molecule has 0 aromatic heterocycles. The lowest BCUT2D eigenvalue weighted by Crippen LogP contribution is -2.66. The fourth-order valence-electron chi connectivity index (χ4n) is 7.96. The number of ether oxygens (including phenoxy) is 8. The standard InChI is InChI=1S/C41H67NO15/c1-11-15-31(46)55-39-26(5)52-33(22-41(39,7)49)56-36-25(4)53-40(35(48)34(36)42(8)9)57-37-28(18-19-43)20-23(2)29(45)17-14-12-13-16-24(3)51-32(47)21-30(38(37)50-10)54-27(6)44/h12-14,17,19,23-26,28-30,33-40,45,48-49H,11,15-16,18,20-22H2,1-10H3/b13-12+,17-14+/t23-,24-,25-,26-,28+,29+,30-,33+,34-,35-,36-,37+,38+,39-,40+,41+/m1/s1. The number of hydrogen-bond donors (Lipinski definition) is 3. The van der Waals surface area contributed by atoms with E-state index in [0.717, 1.165) is 0 Å². The molecule has 3 rings (SSSR count). The van der Waals surface area contributed by atoms with Crippen molar-refractivity contribution < 1.29 is 72.4 Å². The van der Waals surface area contributed by atoms with E-state index in [1.54, 1.807) is 71.0 Å². The Kier molecular flexibility index (Phi) is 19.2. The Morgan fingerprint density at radius 2 is 1.72 bits per heavy atom. The van der Waals surface area contributed by atoms with Crippen LogP contribution in [-0.2, 0) is 57.1 Å². The minimum Gasteiger partial charge on any atom is -0.462 e. The molecule has 57 heavy (non-hydrogen) atoms. The second-order valence-corrected chi connectivity index (χ2v) is 16.1. The molecule has 2 fully saturated rings. The monoisotopic (exact) mass is 813 g/mol. The molecule has 0 aromatic carbocycles. The molecule has 2 saturated heterocycles. The number of methoxy groups -OCH3 is 1. The van der Waals surface area contributed by atoms with Gasteiger partial charge in [-0.25, -0.2) is 0 Å². The largest absolute Gasteiger partial charge is 0.462 e. The van der Waals surface area contributed by atoms with Crippen molar-refractivity contribution in [2.45, 2.75) is 179 Å². The molecule has 3 N–H and O–H groups in total. The van der Waals surface area contributed by atoms with Crippen molar-refractivity contribution in [2.24, 2.45) is 11.8 Å². The third-order valence-corrected chi connectivity index (χ3v) is 10.8. The number of likely N-dealkylation sites (N-methyl/N-ethyl adjacent to an activating group) is 1. The number of aliphatic hydroxyl groups excluding tert-OH is 2. The van der Waals surface area contributed by atoms with Gasteiger partial charge in [-0.15, -0.1) is 0 Å². The highest BCUT2D eigenvalue weighted by molar-refractivity contribution is 5.72. The van der Waals surface area contributed by atoms with E-state index in [1.165, 1.54) is 14.0 Å². The van der Waals surface area contributed by atoms with E-state index in [1.807, 2.05) is 13.8 Å². The maximum absolute atomic E-state index is 13.2. The van der Waals surface area contributed by atoms with Gasteiger partial charge in [-0.1, -0.05) is 38.2 Å². The molecule has 0 radical (unpaired) electrons. The predicted octanol–water partition coefficient (Wildman–Crippen LogP) is 2.77. The lowest BCUT2D eigenvalue weighted by atomic mass is 9.82. The number of rotatable bonds is 12. The Bertz CT molecular complexity index is 1350. The lowest BCUT2D eigenvalue weighted by molar-refractivity contribution is -0.344. The van der Waals surface area contributed by atoms with Crippen LogP contribution in [0.25, 0.3) is 0 Å². The van der Waals surface area contributed by atoms with Crippen molar-refractivity contribution in [2.75, 3.05) is 21.2 Å². The van der Waals surface area contributed by atoms with Gasteiger partial charge in [-0.05, 0) is 66.5 Å². The summed E-state index contributed by atoms with van der Waals surface area (Å²) in [5.41, 5.74) is -1.49. The maximum Gasteiger partial charge on any atom is 0.309 e. The molecule has 16 atom stereocenters. The van der Waals surface area contributed by atoms with Gasteiger partial charge in [0, 0.05) is 39.7 Å². The van der Waals surface area contributed by atoms with Gasteiger partial charge < -0.3 is 62.9 Å². The average Bonchev–Trinajstić information content (AvgIpc) is 3.10. The fraction of sp³-hybridized carbons (Fsp3) is 0.805. The third-order valence-electron chi connectivity index (χ3n) is 10.8. The molecule has 16 nitrogen and oxygen atoms in total. The number of aliphatic hydroxyl groups is 3. The van der Waals surface area contributed by atoms with Gasteiger partial charge in [-0.3, -0.25) is 14.4 Å². The first kappa shape index (κ1) is 48.6. The van der Waals surface area contributed by atoms with Crippen LogP contribution in [0, 0.1) is 11.8 Å². The number of carbonyl (C=O) groups is 4. The van der Waals surface area contributed by atoms with Crippen molar-refractivity contribution in [1.82, 2.24) is 4.90 Å². The Hall–Kier alpha value is -2.80. The van der Waals surface area contributed by atoms with E-state index in [4.69, 9.17) is 37.9 Å². The second kappa shape index (κ2) is 22.5. The van der Waals surface area contributed by atoms with Gasteiger partial charge in [-0.2, -0.15) is 0 Å². The highest BCUT2D eigenvalue weighted by Crippen LogP contribution is 2.37. The van der Waals surface area contributed by atoms with Crippen LogP contribution >= 0.6 is 0 Å². The Morgan fingerprint density at radius 3 is 2.32 bits per heavy atom. The SMILES string of the molecule is CCCC(=O)O[C@@H]1[C@@H](C)O[C@@H](O[C@H]2[C@H](N(C)C)[C@@H](O)[C@H](O[C@H]3[C@@H](CC=O)C[C@@H](C)[C@@H](O)/C=C/C=C/C[C@@H](C)OC(=O)C[C@@H](OC(C)=O)[C@@H]3OC)O[C@@H]2C)C[C@]1(C)O. The number of esters is 3. The molecule has 0 amide bonds. The maximum atomic E-state index is 13.2. The van der Waals surface area contributed by atoms with E-state index in [9.17, 15) is 34.5 Å². The van der Waals surface area contributed by atoms with Gasteiger partial charge in [0.1, 0.15) is 42.4 Å². The van der Waals surface area contributed by atoms with Gasteiger partial charge in [0.25, 0.3) is 0 Å². The van der Waals surface area contributed by atoms with E-state index in [2.05, 4.69) is 0 Å². The van der Waals surface area contributed by atoms with E-state index in [0.29, 0.717) is 19.1 Å². The number of nitrogens with zero attached hydrogens (tertiary/aromatic N) is 1. The quantitative estimate of drug-likeness (QED) is 0.147. The van der Waals surface area contributed by atoms with Gasteiger partial charge in [0.05, 0.1) is 36.9 Å². The molecule has 326 valence electrons. The molecule has 3 heterocycles. The summed E-state index contributed by atoms with van der Waals surface area (Å²) >= 11 is 0. The predicted molar refractivity (Wildman–Crippen MR) is 205 cm³/mol. The number of cyclic esters (lactones) is 1. The van der Waals surface area contributed by atoms with Crippen LogP contribution in [0.3, 0.4) is 0 Å². The van der Waals surface area contributed by atoms with Crippen molar-refractivity contribution in [3.05, 3.63) is 24.3 Å². The van der Waals surface area contributed by atoms with Crippen LogP contribution in [0.4, 0.5) is 0 Å². The molecule has 0 aromatic rings. The topological polar surface area (TPSA) is 206 Å². The highest BCUT2D eigenvalue weighted by atomic mass is 16.7.